The summed E-state index contributed by atoms with van der Waals surface area (Å²) in [6, 6.07) is 13.0. The van der Waals surface area contributed by atoms with E-state index in [0.717, 1.165) is 28.7 Å². The zero-order chi connectivity index (χ0) is 14.8. The summed E-state index contributed by atoms with van der Waals surface area (Å²) in [5.41, 5.74) is 2.07. The second kappa shape index (κ2) is 5.48. The zero-order valence-corrected chi connectivity index (χ0v) is 12.0. The highest BCUT2D eigenvalue weighted by Gasteiger charge is 2.11. The van der Waals surface area contributed by atoms with E-state index >= 15 is 0 Å². The number of nitrogens with zero attached hydrogens (tertiary/aromatic N) is 2. The highest BCUT2D eigenvalue weighted by atomic mass is 19.1. The Kier molecular flexibility index (Phi) is 3.52. The summed E-state index contributed by atoms with van der Waals surface area (Å²) in [5.74, 6) is 0.526. The van der Waals surface area contributed by atoms with Gasteiger partial charge in [-0.15, -0.1) is 10.2 Å². The molecule has 106 valence electrons. The molecule has 0 atom stereocenters. The van der Waals surface area contributed by atoms with Crippen LogP contribution in [0.15, 0.2) is 42.5 Å². The summed E-state index contributed by atoms with van der Waals surface area (Å²) in [7, 11) is 0. The van der Waals surface area contributed by atoms with Crippen molar-refractivity contribution in [2.75, 3.05) is 11.9 Å². The van der Waals surface area contributed by atoms with Crippen LogP contribution in [0.1, 0.15) is 12.5 Å². The van der Waals surface area contributed by atoms with Gasteiger partial charge in [-0.3, -0.25) is 0 Å². The number of fused-ring (bicyclic) bond motifs is 1. The first kappa shape index (κ1) is 13.5. The van der Waals surface area contributed by atoms with Gasteiger partial charge in [-0.2, -0.15) is 0 Å². The van der Waals surface area contributed by atoms with Gasteiger partial charge in [-0.05, 0) is 25.5 Å². The van der Waals surface area contributed by atoms with Crippen molar-refractivity contribution in [2.24, 2.45) is 0 Å². The number of rotatable bonds is 3. The van der Waals surface area contributed by atoms with Crippen LogP contribution in [0.2, 0.25) is 0 Å². The van der Waals surface area contributed by atoms with E-state index in [2.05, 4.69) is 15.5 Å². The van der Waals surface area contributed by atoms with Gasteiger partial charge in [0, 0.05) is 22.9 Å². The Hall–Kier alpha value is -2.49. The van der Waals surface area contributed by atoms with Crippen molar-refractivity contribution in [3.05, 3.63) is 53.8 Å². The van der Waals surface area contributed by atoms with Crippen LogP contribution in [0, 0.1) is 12.7 Å². The fraction of sp³-hybridized carbons (Fsp3) is 0.176. The Morgan fingerprint density at radius 2 is 1.81 bits per heavy atom. The molecule has 3 aromatic rings. The highest BCUT2D eigenvalue weighted by Crippen LogP contribution is 2.30. The molecule has 0 radical (unpaired) electrons. The van der Waals surface area contributed by atoms with Crippen LogP contribution in [0.4, 0.5) is 10.2 Å². The molecule has 3 rings (SSSR count). The average molecular weight is 281 g/mol. The van der Waals surface area contributed by atoms with Crippen LogP contribution in [0.5, 0.6) is 0 Å². The van der Waals surface area contributed by atoms with Gasteiger partial charge >= 0.3 is 0 Å². The summed E-state index contributed by atoms with van der Waals surface area (Å²) < 4.78 is 13.8. The number of benzene rings is 2. The lowest BCUT2D eigenvalue weighted by molar-refractivity contribution is 0.619. The van der Waals surface area contributed by atoms with Gasteiger partial charge in [0.05, 0.1) is 0 Å². The summed E-state index contributed by atoms with van der Waals surface area (Å²) in [6.07, 6.45) is 0. The number of hydrogen-bond donors (Lipinski definition) is 1. The predicted molar refractivity (Wildman–Crippen MR) is 83.8 cm³/mol. The maximum Gasteiger partial charge on any atom is 0.156 e. The minimum atomic E-state index is -0.228. The molecule has 1 heterocycles. The Morgan fingerprint density at radius 3 is 2.52 bits per heavy atom. The van der Waals surface area contributed by atoms with Gasteiger partial charge in [0.15, 0.2) is 5.82 Å². The molecular formula is C17H16FN3. The Labute approximate surface area is 122 Å². The van der Waals surface area contributed by atoms with Crippen LogP contribution in [0.25, 0.3) is 22.0 Å². The van der Waals surface area contributed by atoms with Crippen LogP contribution in [-0.4, -0.2) is 16.7 Å². The van der Waals surface area contributed by atoms with E-state index in [9.17, 15) is 4.39 Å². The van der Waals surface area contributed by atoms with Gasteiger partial charge in [-0.25, -0.2) is 4.39 Å². The molecule has 3 nitrogen and oxygen atoms in total. The first-order valence-corrected chi connectivity index (χ1v) is 6.96. The molecule has 1 N–H and O–H groups in total. The average Bonchev–Trinajstić information content (AvgIpc) is 2.51. The molecule has 0 saturated heterocycles. The molecule has 0 aliphatic carbocycles. The normalized spacial score (nSPS) is 10.8. The third-order valence-electron chi connectivity index (χ3n) is 3.48. The van der Waals surface area contributed by atoms with Crippen LogP contribution in [-0.2, 0) is 0 Å². The molecule has 0 aliphatic rings. The molecule has 2 aromatic carbocycles. The minimum absolute atomic E-state index is 0.228. The van der Waals surface area contributed by atoms with Gasteiger partial charge < -0.3 is 5.32 Å². The van der Waals surface area contributed by atoms with E-state index < -0.39 is 0 Å². The smallest absolute Gasteiger partial charge is 0.156 e. The standard InChI is InChI=1S/C17H16FN3/c1-3-19-17-14-7-5-4-6-13(14)16(20-21-17)12-9-8-11(2)15(18)10-12/h4-10H,3H2,1-2H3,(H,19,21). The number of halogens is 1. The lowest BCUT2D eigenvalue weighted by Gasteiger charge is -2.10. The maximum atomic E-state index is 13.8. The largest absolute Gasteiger partial charge is 0.368 e. The maximum absolute atomic E-state index is 13.8. The molecule has 0 aliphatic heterocycles. The first-order chi connectivity index (χ1) is 10.2. The van der Waals surface area contributed by atoms with Gasteiger partial charge in [-0.1, -0.05) is 36.4 Å². The topological polar surface area (TPSA) is 37.8 Å². The molecule has 4 heteroatoms. The molecule has 21 heavy (non-hydrogen) atoms. The minimum Gasteiger partial charge on any atom is -0.368 e. The van der Waals surface area contributed by atoms with Crippen molar-refractivity contribution < 1.29 is 4.39 Å². The Bertz CT molecular complexity index is 799. The molecule has 0 fully saturated rings. The second-order valence-electron chi connectivity index (χ2n) is 4.94. The van der Waals surface area contributed by atoms with Crippen LogP contribution < -0.4 is 5.32 Å². The second-order valence-corrected chi connectivity index (χ2v) is 4.94. The van der Waals surface area contributed by atoms with Gasteiger partial charge in [0.1, 0.15) is 11.5 Å². The van der Waals surface area contributed by atoms with Crippen molar-refractivity contribution in [2.45, 2.75) is 13.8 Å². The third kappa shape index (κ3) is 2.44. The molecule has 0 saturated carbocycles. The van der Waals surface area contributed by atoms with Crippen molar-refractivity contribution in [3.63, 3.8) is 0 Å². The highest BCUT2D eigenvalue weighted by molar-refractivity contribution is 5.99. The van der Waals surface area contributed by atoms with E-state index in [0.29, 0.717) is 11.3 Å². The SMILES string of the molecule is CCNc1nnc(-c2ccc(C)c(F)c2)c2ccccc12. The van der Waals surface area contributed by atoms with E-state index in [4.69, 9.17) is 0 Å². The van der Waals surface area contributed by atoms with Gasteiger partial charge in [0.25, 0.3) is 0 Å². The Balaban J connectivity index is 2.23. The number of aryl methyl sites for hydroxylation is 1. The van der Waals surface area contributed by atoms with Crippen molar-refractivity contribution in [1.82, 2.24) is 10.2 Å². The lowest BCUT2D eigenvalue weighted by Crippen LogP contribution is -2.02. The number of nitrogens with one attached hydrogen (secondary N) is 1. The quantitative estimate of drug-likeness (QED) is 0.782. The van der Waals surface area contributed by atoms with Gasteiger partial charge in [0.2, 0.25) is 0 Å². The van der Waals surface area contributed by atoms with E-state index in [1.54, 1.807) is 13.0 Å². The molecule has 0 bridgehead atoms. The molecule has 0 spiro atoms. The number of anilines is 1. The van der Waals surface area contributed by atoms with E-state index in [1.165, 1.54) is 6.07 Å². The summed E-state index contributed by atoms with van der Waals surface area (Å²) in [5, 5.41) is 13.7. The monoisotopic (exact) mass is 281 g/mol. The zero-order valence-electron chi connectivity index (χ0n) is 12.0. The van der Waals surface area contributed by atoms with E-state index in [1.807, 2.05) is 37.3 Å². The molecule has 1 aromatic heterocycles. The van der Waals surface area contributed by atoms with Crippen molar-refractivity contribution in [1.29, 1.82) is 0 Å². The summed E-state index contributed by atoms with van der Waals surface area (Å²) in [6.45, 7) is 4.54. The third-order valence-corrected chi connectivity index (χ3v) is 3.48. The van der Waals surface area contributed by atoms with Crippen molar-refractivity contribution >= 4 is 16.6 Å². The first-order valence-electron chi connectivity index (χ1n) is 6.96. The fourth-order valence-corrected chi connectivity index (χ4v) is 2.36. The fourth-order valence-electron chi connectivity index (χ4n) is 2.36. The lowest BCUT2D eigenvalue weighted by atomic mass is 10.0. The summed E-state index contributed by atoms with van der Waals surface area (Å²) in [4.78, 5) is 0. The van der Waals surface area contributed by atoms with Crippen LogP contribution in [0.3, 0.4) is 0 Å². The predicted octanol–water partition coefficient (Wildman–Crippen LogP) is 4.18. The molecule has 0 amide bonds. The van der Waals surface area contributed by atoms with Crippen LogP contribution >= 0.6 is 0 Å². The number of hydrogen-bond acceptors (Lipinski definition) is 3. The molecule has 0 unspecified atom stereocenters. The molecular weight excluding hydrogens is 265 g/mol. The summed E-state index contributed by atoms with van der Waals surface area (Å²) >= 11 is 0. The Morgan fingerprint density at radius 1 is 1.05 bits per heavy atom. The number of aromatic nitrogens is 2. The van der Waals surface area contributed by atoms with E-state index in [-0.39, 0.29) is 5.82 Å². The van der Waals surface area contributed by atoms with Crippen molar-refractivity contribution in [3.8, 4) is 11.3 Å².